The van der Waals surface area contributed by atoms with Gasteiger partial charge in [0.15, 0.2) is 0 Å². The summed E-state index contributed by atoms with van der Waals surface area (Å²) in [5, 5.41) is 0. The Morgan fingerprint density at radius 2 is 0.655 bits per heavy atom. The second-order valence-corrected chi connectivity index (χ2v) is 12.4. The van der Waals surface area contributed by atoms with Crippen LogP contribution in [0.25, 0.3) is 0 Å². The predicted octanol–water partition coefficient (Wildman–Crippen LogP) is 4.43. The van der Waals surface area contributed by atoms with Crippen molar-refractivity contribution in [2.45, 2.75) is 0 Å². The zero-order chi connectivity index (χ0) is 19.6. The van der Waals surface area contributed by atoms with Crippen LogP contribution < -0.4 is 18.0 Å². The molecule has 4 aromatic rings. The molecule has 1 aliphatic rings. The summed E-state index contributed by atoms with van der Waals surface area (Å²) in [5.41, 5.74) is 0. The van der Waals surface area contributed by atoms with E-state index >= 15 is 0 Å². The SMILES string of the molecule is C1=C[C]([Co]([c]2ccccc2)([c]2ccccc2)([c]2ccccc2)[c]2ccccc2)=C1. The van der Waals surface area contributed by atoms with Crippen LogP contribution in [0.4, 0.5) is 0 Å². The summed E-state index contributed by atoms with van der Waals surface area (Å²) < 4.78 is 6.89. The minimum atomic E-state index is -3.10. The quantitative estimate of drug-likeness (QED) is 0.450. The molecule has 0 saturated heterocycles. The van der Waals surface area contributed by atoms with E-state index in [0.717, 1.165) is 0 Å². The fourth-order valence-corrected chi connectivity index (χ4v) is 11.9. The zero-order valence-electron chi connectivity index (χ0n) is 16.1. The summed E-state index contributed by atoms with van der Waals surface area (Å²) in [5.74, 6) is 0. The molecule has 0 aliphatic heterocycles. The summed E-state index contributed by atoms with van der Waals surface area (Å²) >= 11 is -3.10. The van der Waals surface area contributed by atoms with Crippen LogP contribution in [-0.2, 0) is 11.6 Å². The molecule has 0 unspecified atom stereocenters. The Kier molecular flexibility index (Phi) is 4.35. The predicted molar refractivity (Wildman–Crippen MR) is 122 cm³/mol. The Bertz CT molecular complexity index is 1000. The molecule has 0 radical (unpaired) electrons. The molecule has 5 rings (SSSR count). The van der Waals surface area contributed by atoms with Gasteiger partial charge in [-0.05, 0) is 0 Å². The van der Waals surface area contributed by atoms with E-state index in [-0.39, 0.29) is 0 Å². The van der Waals surface area contributed by atoms with E-state index in [1.807, 2.05) is 0 Å². The molecule has 0 atom stereocenters. The first-order valence-electron chi connectivity index (χ1n) is 9.72. The molecule has 0 nitrogen and oxygen atoms in total. The Hall–Kier alpha value is -3.13. The van der Waals surface area contributed by atoms with Gasteiger partial charge in [-0.1, -0.05) is 0 Å². The summed E-state index contributed by atoms with van der Waals surface area (Å²) in [4.78, 5) is 0. The van der Waals surface area contributed by atoms with Crippen LogP contribution in [0.15, 0.2) is 144 Å². The monoisotopic (exact) mass is 418 g/mol. The molecule has 0 bridgehead atoms. The standard InChI is InChI=1S/4C6H5.C4H3.Co/c4*1-2-4-6-5-3-1;1-2-4-3-1;/h4*1-5H;1-3H;. The fraction of sp³-hybridized carbons (Fsp3) is 0. The van der Waals surface area contributed by atoms with Gasteiger partial charge in [-0.2, -0.15) is 0 Å². The zero-order valence-corrected chi connectivity index (χ0v) is 17.2. The summed E-state index contributed by atoms with van der Waals surface area (Å²) in [6.07, 6.45) is 6.81. The van der Waals surface area contributed by atoms with Gasteiger partial charge in [0.1, 0.15) is 0 Å². The van der Waals surface area contributed by atoms with E-state index < -0.39 is 11.6 Å². The molecule has 144 valence electrons. The Labute approximate surface area is 173 Å². The second kappa shape index (κ2) is 7.04. The van der Waals surface area contributed by atoms with Gasteiger partial charge in [0, 0.05) is 0 Å². The second-order valence-electron chi connectivity index (χ2n) is 6.80. The number of rotatable bonds is 5. The van der Waals surface area contributed by atoms with Crippen molar-refractivity contribution in [3.05, 3.63) is 144 Å². The molecule has 0 heterocycles. The maximum absolute atomic E-state index is 3.10. The summed E-state index contributed by atoms with van der Waals surface area (Å²) in [6.45, 7) is 0. The van der Waals surface area contributed by atoms with Crippen molar-refractivity contribution in [3.8, 4) is 0 Å². The van der Waals surface area contributed by atoms with E-state index in [9.17, 15) is 0 Å². The van der Waals surface area contributed by atoms with Crippen LogP contribution >= 0.6 is 0 Å². The Morgan fingerprint density at radius 3 is 0.862 bits per heavy atom. The molecule has 0 saturated carbocycles. The summed E-state index contributed by atoms with van der Waals surface area (Å²) in [6, 6.07) is 44.4. The first kappa shape index (κ1) is 17.9. The Balaban J connectivity index is 2.09. The molecule has 1 aliphatic carbocycles. The van der Waals surface area contributed by atoms with Gasteiger partial charge in [0.05, 0.1) is 0 Å². The van der Waals surface area contributed by atoms with Crippen LogP contribution in [0.5, 0.6) is 0 Å². The molecule has 29 heavy (non-hydrogen) atoms. The van der Waals surface area contributed by atoms with Crippen LogP contribution in [-0.4, -0.2) is 0 Å². The topological polar surface area (TPSA) is 0 Å². The molecular weight excluding hydrogens is 395 g/mol. The van der Waals surface area contributed by atoms with Crippen LogP contribution in [0.2, 0.25) is 0 Å². The van der Waals surface area contributed by atoms with Crippen molar-refractivity contribution in [1.29, 1.82) is 0 Å². The van der Waals surface area contributed by atoms with Crippen molar-refractivity contribution in [3.63, 3.8) is 0 Å². The van der Waals surface area contributed by atoms with Crippen molar-refractivity contribution < 1.29 is 11.6 Å². The van der Waals surface area contributed by atoms with Gasteiger partial charge in [-0.25, -0.2) is 0 Å². The first-order chi connectivity index (χ1) is 14.4. The molecule has 0 N–H and O–H groups in total. The van der Waals surface area contributed by atoms with Gasteiger partial charge in [0.25, 0.3) is 0 Å². The molecule has 0 amide bonds. The minimum absolute atomic E-state index is 1.37. The molecule has 4 aromatic carbocycles. The van der Waals surface area contributed by atoms with Gasteiger partial charge < -0.3 is 0 Å². The molecule has 0 spiro atoms. The summed E-state index contributed by atoms with van der Waals surface area (Å²) in [7, 11) is 0. The third kappa shape index (κ3) is 2.32. The molecule has 0 fully saturated rings. The average molecular weight is 418 g/mol. The fourth-order valence-electron chi connectivity index (χ4n) is 4.01. The number of allylic oxidation sites excluding steroid dienone is 4. The number of hydrogen-bond acceptors (Lipinski definition) is 0. The number of hydrogen-bond donors (Lipinski definition) is 0. The number of benzene rings is 4. The Morgan fingerprint density at radius 1 is 0.379 bits per heavy atom. The maximum atomic E-state index is 2.32. The van der Waals surface area contributed by atoms with Gasteiger partial charge in [-0.3, -0.25) is 0 Å². The van der Waals surface area contributed by atoms with Crippen molar-refractivity contribution in [2.24, 2.45) is 0 Å². The van der Waals surface area contributed by atoms with Crippen LogP contribution in [0, 0.1) is 0 Å². The van der Waals surface area contributed by atoms with E-state index in [4.69, 9.17) is 0 Å². The third-order valence-electron chi connectivity index (χ3n) is 5.29. The van der Waals surface area contributed by atoms with Crippen molar-refractivity contribution in [1.82, 2.24) is 0 Å². The molecule has 0 aromatic heterocycles. The van der Waals surface area contributed by atoms with Crippen LogP contribution in [0.1, 0.15) is 0 Å². The molecular formula is C28H23Co. The third-order valence-corrected chi connectivity index (χ3v) is 13.0. The van der Waals surface area contributed by atoms with E-state index in [2.05, 4.69) is 140 Å². The van der Waals surface area contributed by atoms with Crippen LogP contribution in [0.3, 0.4) is 0 Å². The van der Waals surface area contributed by atoms with E-state index in [0.29, 0.717) is 0 Å². The normalized spacial score (nSPS) is 14.3. The molecule has 1 heteroatoms. The van der Waals surface area contributed by atoms with Gasteiger partial charge >= 0.3 is 174 Å². The average Bonchev–Trinajstić information content (AvgIpc) is 2.79. The van der Waals surface area contributed by atoms with E-state index in [1.54, 1.807) is 0 Å². The van der Waals surface area contributed by atoms with Gasteiger partial charge in [0.2, 0.25) is 0 Å². The van der Waals surface area contributed by atoms with Crippen molar-refractivity contribution >= 4 is 18.0 Å². The first-order valence-corrected chi connectivity index (χ1v) is 12.3. The van der Waals surface area contributed by atoms with E-state index in [1.165, 1.54) is 22.5 Å². The van der Waals surface area contributed by atoms with Gasteiger partial charge in [-0.15, -0.1) is 0 Å². The van der Waals surface area contributed by atoms with Crippen molar-refractivity contribution in [2.75, 3.05) is 0 Å².